The van der Waals surface area contributed by atoms with Gasteiger partial charge in [-0.3, -0.25) is 0 Å². The van der Waals surface area contributed by atoms with Gasteiger partial charge in [-0.1, -0.05) is 0 Å². The van der Waals surface area contributed by atoms with E-state index in [1.807, 2.05) is 27.0 Å². The largest absolute Gasteiger partial charge is 0.444 e. The molecule has 1 aliphatic heterocycles. The molecule has 1 amide bonds. The van der Waals surface area contributed by atoms with Gasteiger partial charge in [0.1, 0.15) is 17.1 Å². The zero-order valence-corrected chi connectivity index (χ0v) is 13.7. The Morgan fingerprint density at radius 3 is 2.74 bits per heavy atom. The van der Waals surface area contributed by atoms with Crippen LogP contribution in [0.5, 0.6) is 0 Å². The summed E-state index contributed by atoms with van der Waals surface area (Å²) in [7, 11) is 0. The number of pyridine rings is 1. The van der Waals surface area contributed by atoms with E-state index in [2.05, 4.69) is 9.97 Å². The van der Waals surface area contributed by atoms with Crippen LogP contribution >= 0.6 is 0 Å². The number of hydrogen-bond donors (Lipinski definition) is 1. The molecule has 1 N–H and O–H groups in total. The number of amides is 1. The second kappa shape index (κ2) is 5.83. The number of carbonyl (C=O) groups is 1. The fourth-order valence-corrected chi connectivity index (χ4v) is 3.04. The van der Waals surface area contributed by atoms with E-state index < -0.39 is 5.60 Å². The van der Waals surface area contributed by atoms with Gasteiger partial charge in [-0.25, -0.2) is 14.2 Å². The van der Waals surface area contributed by atoms with Crippen molar-refractivity contribution in [1.29, 1.82) is 0 Å². The number of nitrogens with one attached hydrogen (secondary N) is 1. The lowest BCUT2D eigenvalue weighted by atomic mass is 9.89. The Kier molecular flexibility index (Phi) is 4.00. The quantitative estimate of drug-likeness (QED) is 0.869. The molecular weight excluding hydrogens is 297 g/mol. The second-order valence-electron chi connectivity index (χ2n) is 7.04. The summed E-state index contributed by atoms with van der Waals surface area (Å²) in [5, 5.41) is 0.834. The number of aromatic amines is 1. The van der Waals surface area contributed by atoms with Crippen LogP contribution in [0.4, 0.5) is 9.18 Å². The first kappa shape index (κ1) is 15.8. The number of piperidine rings is 1. The number of halogens is 1. The summed E-state index contributed by atoms with van der Waals surface area (Å²) < 4.78 is 18.9. The van der Waals surface area contributed by atoms with Crippen LogP contribution in [0.15, 0.2) is 18.5 Å². The SMILES string of the molecule is CC(C)(C)OC(=O)N1CCC(c2c[nH]c3ncc(F)cc23)CC1. The lowest BCUT2D eigenvalue weighted by molar-refractivity contribution is 0.0205. The molecule has 124 valence electrons. The van der Waals surface area contributed by atoms with Crippen molar-refractivity contribution >= 4 is 17.1 Å². The van der Waals surface area contributed by atoms with Crippen LogP contribution in [0.3, 0.4) is 0 Å². The number of ether oxygens (including phenoxy) is 1. The van der Waals surface area contributed by atoms with Crippen LogP contribution < -0.4 is 0 Å². The second-order valence-corrected chi connectivity index (χ2v) is 7.04. The molecule has 2 aromatic rings. The summed E-state index contributed by atoms with van der Waals surface area (Å²) in [6.45, 7) is 6.89. The first-order valence-electron chi connectivity index (χ1n) is 7.94. The maximum Gasteiger partial charge on any atom is 0.410 e. The molecule has 0 atom stereocenters. The maximum absolute atomic E-state index is 13.4. The minimum absolute atomic E-state index is 0.261. The van der Waals surface area contributed by atoms with Crippen LogP contribution in [0.2, 0.25) is 0 Å². The van der Waals surface area contributed by atoms with Crippen molar-refractivity contribution in [3.8, 4) is 0 Å². The zero-order chi connectivity index (χ0) is 16.6. The predicted molar refractivity (Wildman–Crippen MR) is 85.8 cm³/mol. The summed E-state index contributed by atoms with van der Waals surface area (Å²) in [6.07, 6.45) is 4.53. The van der Waals surface area contributed by atoms with Gasteiger partial charge in [0, 0.05) is 24.7 Å². The molecular formula is C17H22FN3O2. The van der Waals surface area contributed by atoms with Gasteiger partial charge < -0.3 is 14.6 Å². The Morgan fingerprint density at radius 2 is 2.09 bits per heavy atom. The van der Waals surface area contributed by atoms with Crippen LogP contribution in [0, 0.1) is 5.82 Å². The van der Waals surface area contributed by atoms with Gasteiger partial charge in [0.2, 0.25) is 0 Å². The van der Waals surface area contributed by atoms with Gasteiger partial charge in [0.05, 0.1) is 6.20 Å². The van der Waals surface area contributed by atoms with E-state index >= 15 is 0 Å². The van der Waals surface area contributed by atoms with Crippen molar-refractivity contribution in [3.05, 3.63) is 29.8 Å². The van der Waals surface area contributed by atoms with E-state index in [0.717, 1.165) is 23.8 Å². The topological polar surface area (TPSA) is 58.2 Å². The Morgan fingerprint density at radius 1 is 1.39 bits per heavy atom. The monoisotopic (exact) mass is 319 g/mol. The Balaban J connectivity index is 1.69. The molecule has 3 rings (SSSR count). The molecule has 6 heteroatoms. The molecule has 0 unspecified atom stereocenters. The van der Waals surface area contributed by atoms with E-state index in [1.54, 1.807) is 4.90 Å². The molecule has 1 saturated heterocycles. The van der Waals surface area contributed by atoms with E-state index in [9.17, 15) is 9.18 Å². The summed E-state index contributed by atoms with van der Waals surface area (Å²) in [6, 6.07) is 1.52. The van der Waals surface area contributed by atoms with Crippen molar-refractivity contribution < 1.29 is 13.9 Å². The van der Waals surface area contributed by atoms with E-state index in [1.165, 1.54) is 12.3 Å². The Bertz CT molecular complexity index is 712. The zero-order valence-electron chi connectivity index (χ0n) is 13.7. The molecule has 0 radical (unpaired) electrons. The molecule has 0 saturated carbocycles. The van der Waals surface area contributed by atoms with Crippen LogP contribution in [0.25, 0.3) is 11.0 Å². The van der Waals surface area contributed by atoms with Gasteiger partial charge in [-0.15, -0.1) is 0 Å². The van der Waals surface area contributed by atoms with Gasteiger partial charge in [-0.05, 0) is 51.2 Å². The lowest BCUT2D eigenvalue weighted by Gasteiger charge is -2.33. The van der Waals surface area contributed by atoms with E-state index in [4.69, 9.17) is 4.74 Å². The highest BCUT2D eigenvalue weighted by atomic mass is 19.1. The fourth-order valence-electron chi connectivity index (χ4n) is 3.04. The first-order chi connectivity index (χ1) is 10.8. The highest BCUT2D eigenvalue weighted by Crippen LogP contribution is 2.33. The first-order valence-corrected chi connectivity index (χ1v) is 7.94. The van der Waals surface area contributed by atoms with Crippen LogP contribution in [-0.4, -0.2) is 39.7 Å². The average Bonchev–Trinajstić information content (AvgIpc) is 2.88. The summed E-state index contributed by atoms with van der Waals surface area (Å²) in [5.74, 6) is -0.0319. The number of rotatable bonds is 1. The highest BCUT2D eigenvalue weighted by molar-refractivity contribution is 5.80. The van der Waals surface area contributed by atoms with Crippen molar-refractivity contribution in [2.45, 2.75) is 45.1 Å². The molecule has 5 nitrogen and oxygen atoms in total. The number of nitrogens with zero attached hydrogens (tertiary/aromatic N) is 2. The minimum Gasteiger partial charge on any atom is -0.444 e. The van der Waals surface area contributed by atoms with Crippen LogP contribution in [-0.2, 0) is 4.74 Å². The predicted octanol–water partition coefficient (Wildman–Crippen LogP) is 3.82. The molecule has 2 aromatic heterocycles. The molecule has 23 heavy (non-hydrogen) atoms. The summed E-state index contributed by atoms with van der Waals surface area (Å²) in [5.41, 5.74) is 1.31. The standard InChI is InChI=1S/C17H22FN3O2/c1-17(2,3)23-16(22)21-6-4-11(5-7-21)14-10-20-15-13(14)8-12(18)9-19-15/h8-11H,4-7H2,1-3H3,(H,19,20). The highest BCUT2D eigenvalue weighted by Gasteiger charge is 2.28. The normalized spacial score (nSPS) is 16.8. The van der Waals surface area contributed by atoms with Crippen molar-refractivity contribution in [1.82, 2.24) is 14.9 Å². The van der Waals surface area contributed by atoms with E-state index in [-0.39, 0.29) is 11.9 Å². The number of fused-ring (bicyclic) bond motifs is 1. The van der Waals surface area contributed by atoms with Gasteiger partial charge in [0.25, 0.3) is 0 Å². The number of likely N-dealkylation sites (tertiary alicyclic amines) is 1. The van der Waals surface area contributed by atoms with Crippen molar-refractivity contribution in [2.75, 3.05) is 13.1 Å². The van der Waals surface area contributed by atoms with Gasteiger partial charge in [0.15, 0.2) is 0 Å². The molecule has 0 spiro atoms. The van der Waals surface area contributed by atoms with Gasteiger partial charge >= 0.3 is 6.09 Å². The molecule has 1 aliphatic rings. The Hall–Kier alpha value is -2.11. The van der Waals surface area contributed by atoms with E-state index in [0.29, 0.717) is 24.7 Å². The summed E-state index contributed by atoms with van der Waals surface area (Å²) in [4.78, 5) is 21.0. The van der Waals surface area contributed by atoms with Crippen molar-refractivity contribution in [2.24, 2.45) is 0 Å². The molecule has 0 aliphatic carbocycles. The molecule has 0 bridgehead atoms. The lowest BCUT2D eigenvalue weighted by Crippen LogP contribution is -2.41. The number of hydrogen-bond acceptors (Lipinski definition) is 3. The molecule has 1 fully saturated rings. The third-order valence-corrected chi connectivity index (χ3v) is 4.12. The smallest absolute Gasteiger partial charge is 0.410 e. The van der Waals surface area contributed by atoms with Gasteiger partial charge in [-0.2, -0.15) is 0 Å². The third-order valence-electron chi connectivity index (χ3n) is 4.12. The fraction of sp³-hybridized carbons (Fsp3) is 0.529. The molecule has 0 aromatic carbocycles. The minimum atomic E-state index is -0.478. The van der Waals surface area contributed by atoms with Crippen molar-refractivity contribution in [3.63, 3.8) is 0 Å². The number of aromatic nitrogens is 2. The number of H-pyrrole nitrogens is 1. The third kappa shape index (κ3) is 3.46. The van der Waals surface area contributed by atoms with Crippen LogP contribution in [0.1, 0.15) is 45.1 Å². The average molecular weight is 319 g/mol. The maximum atomic E-state index is 13.4. The number of carbonyl (C=O) groups excluding carboxylic acids is 1. The Labute approximate surface area is 134 Å². The molecule has 3 heterocycles. The summed E-state index contributed by atoms with van der Waals surface area (Å²) >= 11 is 0.